The van der Waals surface area contributed by atoms with Crippen molar-refractivity contribution < 1.29 is 0 Å². The third-order valence-electron chi connectivity index (χ3n) is 2.80. The van der Waals surface area contributed by atoms with E-state index in [0.717, 1.165) is 32.7 Å². The van der Waals surface area contributed by atoms with Crippen molar-refractivity contribution in [3.63, 3.8) is 0 Å². The van der Waals surface area contributed by atoms with E-state index in [2.05, 4.69) is 52.7 Å². The molecule has 1 aromatic carbocycles. The van der Waals surface area contributed by atoms with E-state index in [4.69, 9.17) is 0 Å². The Bertz CT molecular complexity index is 286. The van der Waals surface area contributed by atoms with E-state index in [0.29, 0.717) is 0 Å². The summed E-state index contributed by atoms with van der Waals surface area (Å²) < 4.78 is 0. The lowest BCUT2D eigenvalue weighted by Crippen LogP contribution is -2.38. The number of hydrazine groups is 1. The summed E-state index contributed by atoms with van der Waals surface area (Å²) in [6.07, 6.45) is 0. The number of rotatable bonds is 2. The molecule has 0 saturated carbocycles. The van der Waals surface area contributed by atoms with Gasteiger partial charge in [-0.05, 0) is 12.6 Å². The molecule has 0 atom stereocenters. The van der Waals surface area contributed by atoms with Crippen molar-refractivity contribution in [1.29, 1.82) is 0 Å². The lowest BCUT2D eigenvalue weighted by molar-refractivity contribution is 0.194. The Morgan fingerprint density at radius 1 is 1.13 bits per heavy atom. The number of nitrogens with zero attached hydrogens (tertiary/aromatic N) is 2. The van der Waals surface area contributed by atoms with Crippen molar-refractivity contribution >= 4 is 0 Å². The molecule has 1 N–H and O–H groups in total. The maximum atomic E-state index is 3.45. The van der Waals surface area contributed by atoms with Gasteiger partial charge in [-0.15, -0.1) is 0 Å². The van der Waals surface area contributed by atoms with E-state index in [1.165, 1.54) is 5.56 Å². The lowest BCUT2D eigenvalue weighted by Gasteiger charge is -2.20. The largest absolute Gasteiger partial charge is 0.304 e. The molecule has 15 heavy (non-hydrogen) atoms. The third-order valence-corrected chi connectivity index (χ3v) is 2.80. The lowest BCUT2D eigenvalue weighted by atomic mass is 10.2. The Hall–Kier alpha value is -0.900. The van der Waals surface area contributed by atoms with Crippen molar-refractivity contribution in [2.75, 3.05) is 33.2 Å². The number of benzene rings is 1. The average molecular weight is 205 g/mol. The fourth-order valence-corrected chi connectivity index (χ4v) is 1.82. The van der Waals surface area contributed by atoms with Crippen LogP contribution in [0.1, 0.15) is 5.56 Å². The predicted octanol–water partition coefficient (Wildman–Crippen LogP) is 0.939. The maximum Gasteiger partial charge on any atom is 0.0382 e. The summed E-state index contributed by atoms with van der Waals surface area (Å²) in [5.74, 6) is 0. The maximum absolute atomic E-state index is 3.45. The number of hydrogen-bond acceptors (Lipinski definition) is 3. The van der Waals surface area contributed by atoms with Gasteiger partial charge in [-0.2, -0.15) is 0 Å². The van der Waals surface area contributed by atoms with Crippen molar-refractivity contribution in [2.45, 2.75) is 6.54 Å². The summed E-state index contributed by atoms with van der Waals surface area (Å²) in [5, 5.41) is 2.30. The highest BCUT2D eigenvalue weighted by molar-refractivity contribution is 5.14. The van der Waals surface area contributed by atoms with E-state index in [9.17, 15) is 0 Å². The molecule has 0 unspecified atom stereocenters. The molecule has 1 aromatic rings. The van der Waals surface area contributed by atoms with Gasteiger partial charge in [0.25, 0.3) is 0 Å². The molecule has 82 valence electrons. The van der Waals surface area contributed by atoms with E-state index >= 15 is 0 Å². The highest BCUT2D eigenvalue weighted by Crippen LogP contribution is 2.03. The van der Waals surface area contributed by atoms with Gasteiger partial charge in [0.1, 0.15) is 0 Å². The van der Waals surface area contributed by atoms with E-state index < -0.39 is 0 Å². The third kappa shape index (κ3) is 3.30. The first-order valence-electron chi connectivity index (χ1n) is 5.55. The monoisotopic (exact) mass is 205 g/mol. The van der Waals surface area contributed by atoms with Gasteiger partial charge in [-0.25, -0.2) is 5.01 Å². The molecule has 1 saturated heterocycles. The molecule has 3 heteroatoms. The van der Waals surface area contributed by atoms with Crippen LogP contribution in [-0.4, -0.2) is 43.1 Å². The number of likely N-dealkylation sites (N-methyl/N-ethyl adjacent to an activating group) is 1. The highest BCUT2D eigenvalue weighted by atomic mass is 15.5. The SMILES string of the molecule is CN1CCNN(Cc2ccccc2)CC1. The van der Waals surface area contributed by atoms with Gasteiger partial charge >= 0.3 is 0 Å². The van der Waals surface area contributed by atoms with Crippen LogP contribution >= 0.6 is 0 Å². The molecule has 0 spiro atoms. The molecule has 1 aliphatic heterocycles. The molecule has 0 bridgehead atoms. The molecule has 0 amide bonds. The zero-order chi connectivity index (χ0) is 10.5. The Labute approximate surface area is 91.7 Å². The normalized spacial score (nSPS) is 20.1. The van der Waals surface area contributed by atoms with Gasteiger partial charge in [0, 0.05) is 32.7 Å². The van der Waals surface area contributed by atoms with Gasteiger partial charge < -0.3 is 4.90 Å². The Morgan fingerprint density at radius 3 is 2.73 bits per heavy atom. The molecule has 0 radical (unpaired) electrons. The zero-order valence-corrected chi connectivity index (χ0v) is 9.32. The second-order valence-electron chi connectivity index (χ2n) is 4.12. The highest BCUT2D eigenvalue weighted by Gasteiger charge is 2.10. The summed E-state index contributed by atoms with van der Waals surface area (Å²) in [4.78, 5) is 2.36. The molecular formula is C12H19N3. The van der Waals surface area contributed by atoms with Gasteiger partial charge in [-0.1, -0.05) is 30.3 Å². The second-order valence-corrected chi connectivity index (χ2v) is 4.12. The van der Waals surface area contributed by atoms with Crippen LogP contribution in [0.15, 0.2) is 30.3 Å². The Balaban J connectivity index is 1.89. The predicted molar refractivity (Wildman–Crippen MR) is 62.4 cm³/mol. The van der Waals surface area contributed by atoms with Crippen molar-refractivity contribution in [3.8, 4) is 0 Å². The van der Waals surface area contributed by atoms with Gasteiger partial charge in [-0.3, -0.25) is 5.43 Å². The smallest absolute Gasteiger partial charge is 0.0382 e. The summed E-state index contributed by atoms with van der Waals surface area (Å²) in [5.41, 5.74) is 4.82. The Kier molecular flexibility index (Phi) is 3.72. The molecule has 2 rings (SSSR count). The van der Waals surface area contributed by atoms with Gasteiger partial charge in [0.05, 0.1) is 0 Å². The fourth-order valence-electron chi connectivity index (χ4n) is 1.82. The summed E-state index contributed by atoms with van der Waals surface area (Å²) in [7, 11) is 2.17. The standard InChI is InChI=1S/C12H19N3/c1-14-8-7-13-15(10-9-14)11-12-5-3-2-4-6-12/h2-6,13H,7-11H2,1H3. The first-order chi connectivity index (χ1) is 7.34. The van der Waals surface area contributed by atoms with Gasteiger partial charge in [0.15, 0.2) is 0 Å². The van der Waals surface area contributed by atoms with Gasteiger partial charge in [0.2, 0.25) is 0 Å². The van der Waals surface area contributed by atoms with Crippen LogP contribution in [0.5, 0.6) is 0 Å². The molecule has 1 aliphatic rings. The Morgan fingerprint density at radius 2 is 1.93 bits per heavy atom. The van der Waals surface area contributed by atoms with Crippen LogP contribution < -0.4 is 5.43 Å². The van der Waals surface area contributed by atoms with Crippen LogP contribution in [0.3, 0.4) is 0 Å². The second kappa shape index (κ2) is 5.26. The summed E-state index contributed by atoms with van der Waals surface area (Å²) in [6.45, 7) is 5.40. The molecule has 0 aliphatic carbocycles. The van der Waals surface area contributed by atoms with Crippen molar-refractivity contribution in [2.24, 2.45) is 0 Å². The first-order valence-corrected chi connectivity index (χ1v) is 5.55. The zero-order valence-electron chi connectivity index (χ0n) is 9.32. The number of hydrogen-bond donors (Lipinski definition) is 1. The van der Waals surface area contributed by atoms with Crippen LogP contribution in [-0.2, 0) is 6.54 Å². The van der Waals surface area contributed by atoms with E-state index in [1.54, 1.807) is 0 Å². The molecule has 3 nitrogen and oxygen atoms in total. The van der Waals surface area contributed by atoms with E-state index in [1.807, 2.05) is 0 Å². The van der Waals surface area contributed by atoms with Crippen LogP contribution in [0.4, 0.5) is 0 Å². The summed E-state index contributed by atoms with van der Waals surface area (Å²) in [6, 6.07) is 10.6. The minimum absolute atomic E-state index is 0.995. The van der Waals surface area contributed by atoms with Crippen molar-refractivity contribution in [1.82, 2.24) is 15.3 Å². The fraction of sp³-hybridized carbons (Fsp3) is 0.500. The molecule has 1 fully saturated rings. The average Bonchev–Trinajstić information content (AvgIpc) is 2.46. The molecular weight excluding hydrogens is 186 g/mol. The van der Waals surface area contributed by atoms with Crippen LogP contribution in [0.25, 0.3) is 0 Å². The molecule has 0 aromatic heterocycles. The summed E-state index contributed by atoms with van der Waals surface area (Å²) >= 11 is 0. The molecule has 1 heterocycles. The van der Waals surface area contributed by atoms with Crippen LogP contribution in [0, 0.1) is 0 Å². The van der Waals surface area contributed by atoms with E-state index in [-0.39, 0.29) is 0 Å². The minimum atomic E-state index is 0.995. The minimum Gasteiger partial charge on any atom is -0.304 e. The first kappa shape index (κ1) is 10.6. The van der Waals surface area contributed by atoms with Crippen molar-refractivity contribution in [3.05, 3.63) is 35.9 Å². The number of nitrogens with one attached hydrogen (secondary N) is 1. The quantitative estimate of drug-likeness (QED) is 0.775. The van der Waals surface area contributed by atoms with Crippen LogP contribution in [0.2, 0.25) is 0 Å². The topological polar surface area (TPSA) is 18.5 Å².